The van der Waals surface area contributed by atoms with E-state index in [9.17, 15) is 9.59 Å². The SMILES string of the molecule is CC(Cc1nc2ccccc2s1)NC(=O)c1cc(C(=O)O)nn1C. The maximum atomic E-state index is 12.3. The first-order chi connectivity index (χ1) is 11.4. The summed E-state index contributed by atoms with van der Waals surface area (Å²) in [6.45, 7) is 1.89. The molecule has 1 unspecified atom stereocenters. The second-order valence-electron chi connectivity index (χ2n) is 5.50. The zero-order chi connectivity index (χ0) is 17.3. The Hall–Kier alpha value is -2.74. The van der Waals surface area contributed by atoms with E-state index in [1.807, 2.05) is 31.2 Å². The maximum absolute atomic E-state index is 12.3. The minimum Gasteiger partial charge on any atom is -0.476 e. The molecule has 8 heteroatoms. The van der Waals surface area contributed by atoms with Crippen LogP contribution in [0.5, 0.6) is 0 Å². The number of thiazole rings is 1. The van der Waals surface area contributed by atoms with Gasteiger partial charge in [0.25, 0.3) is 5.91 Å². The highest BCUT2D eigenvalue weighted by Crippen LogP contribution is 2.22. The highest BCUT2D eigenvalue weighted by Gasteiger charge is 2.19. The van der Waals surface area contributed by atoms with Gasteiger partial charge in [0, 0.05) is 25.6 Å². The average Bonchev–Trinajstić information content (AvgIpc) is 3.09. The topological polar surface area (TPSA) is 97.1 Å². The first kappa shape index (κ1) is 16.1. The fourth-order valence-electron chi connectivity index (χ4n) is 2.40. The number of carboxylic acid groups (broad SMARTS) is 1. The van der Waals surface area contributed by atoms with Crippen LogP contribution in [0.2, 0.25) is 0 Å². The number of nitrogens with zero attached hydrogens (tertiary/aromatic N) is 3. The largest absolute Gasteiger partial charge is 0.476 e. The third-order valence-electron chi connectivity index (χ3n) is 3.53. The van der Waals surface area contributed by atoms with Crippen LogP contribution < -0.4 is 5.32 Å². The van der Waals surface area contributed by atoms with Crippen molar-refractivity contribution in [3.8, 4) is 0 Å². The van der Waals surface area contributed by atoms with E-state index in [1.54, 1.807) is 18.4 Å². The van der Waals surface area contributed by atoms with Crippen LogP contribution in [0.1, 0.15) is 32.9 Å². The number of aromatic nitrogens is 3. The van der Waals surface area contributed by atoms with Gasteiger partial charge in [0.1, 0.15) is 5.69 Å². The normalized spacial score (nSPS) is 12.2. The number of carboxylic acids is 1. The average molecular weight is 344 g/mol. The molecule has 1 atom stereocenters. The lowest BCUT2D eigenvalue weighted by Gasteiger charge is -2.12. The number of hydrogen-bond acceptors (Lipinski definition) is 5. The molecule has 1 aromatic carbocycles. The molecule has 0 saturated heterocycles. The van der Waals surface area contributed by atoms with Gasteiger partial charge < -0.3 is 10.4 Å². The fourth-order valence-corrected chi connectivity index (χ4v) is 3.50. The summed E-state index contributed by atoms with van der Waals surface area (Å²) in [7, 11) is 1.54. The van der Waals surface area contributed by atoms with E-state index in [4.69, 9.17) is 5.11 Å². The Kier molecular flexibility index (Phi) is 4.30. The van der Waals surface area contributed by atoms with Crippen molar-refractivity contribution in [2.75, 3.05) is 0 Å². The molecule has 0 aliphatic heterocycles. The zero-order valence-electron chi connectivity index (χ0n) is 13.2. The minimum atomic E-state index is -1.16. The number of aryl methyl sites for hydroxylation is 1. The van der Waals surface area contributed by atoms with Gasteiger partial charge in [0.05, 0.1) is 15.2 Å². The Morgan fingerprint density at radius 3 is 2.79 bits per heavy atom. The first-order valence-corrected chi connectivity index (χ1v) is 8.18. The third-order valence-corrected chi connectivity index (χ3v) is 4.59. The van der Waals surface area contributed by atoms with Crippen LogP contribution in [0.15, 0.2) is 30.3 Å². The van der Waals surface area contributed by atoms with E-state index in [-0.39, 0.29) is 23.3 Å². The standard InChI is InChI=1S/C16H16N4O3S/c1-9(7-14-18-10-5-3-4-6-13(10)24-14)17-15(21)12-8-11(16(22)23)19-20(12)2/h3-6,8-9H,7H2,1-2H3,(H,17,21)(H,22,23). The van der Waals surface area contributed by atoms with Gasteiger partial charge in [0.15, 0.2) is 5.69 Å². The number of rotatable bonds is 5. The van der Waals surface area contributed by atoms with Crippen LogP contribution in [0.4, 0.5) is 0 Å². The summed E-state index contributed by atoms with van der Waals surface area (Å²) in [5.41, 5.74) is 1.01. The monoisotopic (exact) mass is 344 g/mol. The van der Waals surface area contributed by atoms with Crippen LogP contribution in [0.3, 0.4) is 0 Å². The van der Waals surface area contributed by atoms with Crippen LogP contribution in [-0.2, 0) is 13.5 Å². The van der Waals surface area contributed by atoms with Gasteiger partial charge in [0.2, 0.25) is 0 Å². The molecule has 3 aromatic rings. The van der Waals surface area contributed by atoms with Crippen molar-refractivity contribution < 1.29 is 14.7 Å². The number of amides is 1. The predicted octanol–water partition coefficient (Wildman–Crippen LogP) is 2.09. The van der Waals surface area contributed by atoms with Gasteiger partial charge in [-0.2, -0.15) is 5.10 Å². The molecular formula is C16H16N4O3S. The van der Waals surface area contributed by atoms with Crippen molar-refractivity contribution in [1.29, 1.82) is 0 Å². The first-order valence-electron chi connectivity index (χ1n) is 7.36. The summed E-state index contributed by atoms with van der Waals surface area (Å²) >= 11 is 1.60. The van der Waals surface area contributed by atoms with E-state index in [2.05, 4.69) is 15.4 Å². The molecule has 0 aliphatic carbocycles. The molecule has 0 bridgehead atoms. The van der Waals surface area contributed by atoms with Crippen LogP contribution in [-0.4, -0.2) is 37.8 Å². The highest BCUT2D eigenvalue weighted by molar-refractivity contribution is 7.18. The second kappa shape index (κ2) is 6.40. The number of carbonyl (C=O) groups excluding carboxylic acids is 1. The molecule has 2 heterocycles. The number of carbonyl (C=O) groups is 2. The fraction of sp³-hybridized carbons (Fsp3) is 0.250. The van der Waals surface area contributed by atoms with Crippen molar-refractivity contribution in [2.24, 2.45) is 7.05 Å². The number of hydrogen-bond donors (Lipinski definition) is 2. The second-order valence-corrected chi connectivity index (χ2v) is 6.61. The highest BCUT2D eigenvalue weighted by atomic mass is 32.1. The summed E-state index contributed by atoms with van der Waals surface area (Å²) in [6, 6.07) is 9.02. The van der Waals surface area contributed by atoms with Crippen molar-refractivity contribution in [1.82, 2.24) is 20.1 Å². The molecule has 0 saturated carbocycles. The molecule has 0 spiro atoms. The lowest BCUT2D eigenvalue weighted by Crippen LogP contribution is -2.35. The Morgan fingerprint density at radius 1 is 1.38 bits per heavy atom. The molecule has 2 N–H and O–H groups in total. The summed E-state index contributed by atoms with van der Waals surface area (Å²) in [4.78, 5) is 27.8. The molecular weight excluding hydrogens is 328 g/mol. The quantitative estimate of drug-likeness (QED) is 0.739. The smallest absolute Gasteiger partial charge is 0.356 e. The van der Waals surface area contributed by atoms with E-state index in [1.165, 1.54) is 10.7 Å². The van der Waals surface area contributed by atoms with Crippen molar-refractivity contribution in [3.63, 3.8) is 0 Å². The summed E-state index contributed by atoms with van der Waals surface area (Å²) in [5.74, 6) is -1.52. The molecule has 24 heavy (non-hydrogen) atoms. The molecule has 3 rings (SSSR count). The Labute approximate surface area is 141 Å². The number of para-hydroxylation sites is 1. The number of aromatic carboxylic acids is 1. The summed E-state index contributed by atoms with van der Waals surface area (Å²) in [5, 5.41) is 16.5. The number of fused-ring (bicyclic) bond motifs is 1. The van der Waals surface area contributed by atoms with Gasteiger partial charge in [-0.15, -0.1) is 11.3 Å². The lowest BCUT2D eigenvalue weighted by molar-refractivity contribution is 0.0689. The van der Waals surface area contributed by atoms with Crippen molar-refractivity contribution in [3.05, 3.63) is 46.7 Å². The third kappa shape index (κ3) is 3.28. The van der Waals surface area contributed by atoms with Gasteiger partial charge in [-0.3, -0.25) is 9.48 Å². The molecule has 1 amide bonds. The van der Waals surface area contributed by atoms with Gasteiger partial charge in [-0.1, -0.05) is 12.1 Å². The zero-order valence-corrected chi connectivity index (χ0v) is 14.0. The Balaban J connectivity index is 1.68. The lowest BCUT2D eigenvalue weighted by atomic mass is 10.2. The Morgan fingerprint density at radius 2 is 2.12 bits per heavy atom. The summed E-state index contributed by atoms with van der Waals surface area (Å²) in [6.07, 6.45) is 0.606. The molecule has 0 radical (unpaired) electrons. The molecule has 0 fully saturated rings. The van der Waals surface area contributed by atoms with E-state index >= 15 is 0 Å². The van der Waals surface area contributed by atoms with E-state index in [0.29, 0.717) is 6.42 Å². The molecule has 0 aliphatic rings. The van der Waals surface area contributed by atoms with Crippen LogP contribution >= 0.6 is 11.3 Å². The van der Waals surface area contributed by atoms with Crippen molar-refractivity contribution >= 4 is 33.4 Å². The predicted molar refractivity (Wildman–Crippen MR) is 90.4 cm³/mol. The maximum Gasteiger partial charge on any atom is 0.356 e. The van der Waals surface area contributed by atoms with Gasteiger partial charge >= 0.3 is 5.97 Å². The minimum absolute atomic E-state index is 0.138. The summed E-state index contributed by atoms with van der Waals surface area (Å²) < 4.78 is 2.38. The van der Waals surface area contributed by atoms with Crippen LogP contribution in [0, 0.1) is 0 Å². The number of nitrogens with one attached hydrogen (secondary N) is 1. The van der Waals surface area contributed by atoms with Crippen LogP contribution in [0.25, 0.3) is 10.2 Å². The molecule has 2 aromatic heterocycles. The van der Waals surface area contributed by atoms with Gasteiger partial charge in [-0.05, 0) is 19.1 Å². The molecule has 124 valence electrons. The van der Waals surface area contributed by atoms with E-state index in [0.717, 1.165) is 15.2 Å². The van der Waals surface area contributed by atoms with Gasteiger partial charge in [-0.25, -0.2) is 9.78 Å². The van der Waals surface area contributed by atoms with E-state index < -0.39 is 5.97 Å². The molecule has 7 nitrogen and oxygen atoms in total. The van der Waals surface area contributed by atoms with Crippen molar-refractivity contribution in [2.45, 2.75) is 19.4 Å². The number of benzene rings is 1. The Bertz CT molecular complexity index is 882.